The molecule has 0 saturated carbocycles. The quantitative estimate of drug-likeness (QED) is 0.533. The molecule has 2 rings (SSSR count). The van der Waals surface area contributed by atoms with E-state index in [4.69, 9.17) is 18.3 Å². The molecule has 0 aliphatic rings. The number of carbonyl (C=O) groups excluding carboxylic acids is 4. The van der Waals surface area contributed by atoms with Crippen molar-refractivity contribution < 1.29 is 37.5 Å². The van der Waals surface area contributed by atoms with E-state index in [9.17, 15) is 19.2 Å². The second-order valence-corrected chi connectivity index (χ2v) is 5.53. The van der Waals surface area contributed by atoms with Gasteiger partial charge >= 0.3 is 11.9 Å². The Bertz CT molecular complexity index is 701. The highest BCUT2D eigenvalue weighted by atomic mass is 16.5. The molecule has 0 atom stereocenters. The Balaban J connectivity index is 1.50. The van der Waals surface area contributed by atoms with E-state index in [0.717, 1.165) is 0 Å². The molecule has 10 nitrogen and oxygen atoms in total. The summed E-state index contributed by atoms with van der Waals surface area (Å²) in [5.41, 5.74) is 0. The molecule has 2 aromatic heterocycles. The summed E-state index contributed by atoms with van der Waals surface area (Å²) < 4.78 is 19.6. The fourth-order valence-corrected chi connectivity index (χ4v) is 1.94. The zero-order chi connectivity index (χ0) is 20.2. The lowest BCUT2D eigenvalue weighted by Gasteiger charge is -2.06. The molecule has 0 saturated heterocycles. The van der Waals surface area contributed by atoms with E-state index < -0.39 is 37.0 Å². The van der Waals surface area contributed by atoms with Crippen LogP contribution in [0.5, 0.6) is 0 Å². The Morgan fingerprint density at radius 2 is 1.18 bits per heavy atom. The lowest BCUT2D eigenvalue weighted by atomic mass is 10.3. The summed E-state index contributed by atoms with van der Waals surface area (Å²) in [4.78, 5) is 46.1. The minimum Gasteiger partial charge on any atom is -0.467 e. The van der Waals surface area contributed by atoms with Gasteiger partial charge in [-0.05, 0) is 24.3 Å². The smallest absolute Gasteiger partial charge is 0.306 e. The van der Waals surface area contributed by atoms with Crippen molar-refractivity contribution >= 4 is 23.8 Å². The van der Waals surface area contributed by atoms with E-state index in [1.807, 2.05) is 0 Å². The Labute approximate surface area is 160 Å². The molecule has 2 heterocycles. The van der Waals surface area contributed by atoms with Crippen LogP contribution < -0.4 is 10.6 Å². The summed E-state index contributed by atoms with van der Waals surface area (Å²) in [5.74, 6) is -1.33. The monoisotopic (exact) mass is 392 g/mol. The summed E-state index contributed by atoms with van der Waals surface area (Å²) in [7, 11) is 0. The summed E-state index contributed by atoms with van der Waals surface area (Å²) in [6.07, 6.45) is 2.42. The van der Waals surface area contributed by atoms with Crippen molar-refractivity contribution in [1.82, 2.24) is 10.6 Å². The van der Waals surface area contributed by atoms with Gasteiger partial charge in [-0.2, -0.15) is 0 Å². The van der Waals surface area contributed by atoms with Gasteiger partial charge < -0.3 is 28.9 Å². The molecule has 0 spiro atoms. The molecule has 0 aromatic carbocycles. The fourth-order valence-electron chi connectivity index (χ4n) is 1.94. The largest absolute Gasteiger partial charge is 0.467 e. The van der Waals surface area contributed by atoms with Crippen LogP contribution in [0.3, 0.4) is 0 Å². The first-order valence-electron chi connectivity index (χ1n) is 8.42. The number of hydrogen-bond donors (Lipinski definition) is 2. The molecule has 0 aliphatic carbocycles. The van der Waals surface area contributed by atoms with Crippen molar-refractivity contribution in [3.63, 3.8) is 0 Å². The van der Waals surface area contributed by atoms with Crippen LogP contribution in [0, 0.1) is 0 Å². The van der Waals surface area contributed by atoms with Gasteiger partial charge in [-0.3, -0.25) is 19.2 Å². The highest BCUT2D eigenvalue weighted by molar-refractivity contribution is 5.83. The predicted octanol–water partition coefficient (Wildman–Crippen LogP) is 0.672. The highest BCUT2D eigenvalue weighted by Gasteiger charge is 2.13. The standard InChI is InChI=1S/C18H20N2O8/c21-15(19-9-13-3-1-7-25-13)11-27-17(23)5-6-18(24)28-12-16(22)20-10-14-4-2-8-26-14/h1-4,7-8H,5-6,9-12H2,(H,19,21)(H,20,22). The third-order valence-corrected chi connectivity index (χ3v) is 3.34. The van der Waals surface area contributed by atoms with Crippen molar-refractivity contribution in [1.29, 1.82) is 0 Å². The van der Waals surface area contributed by atoms with E-state index in [1.54, 1.807) is 24.3 Å². The Hall–Kier alpha value is -3.56. The number of carbonyl (C=O) groups is 4. The van der Waals surface area contributed by atoms with E-state index in [2.05, 4.69) is 10.6 Å². The molecular weight excluding hydrogens is 372 g/mol. The minimum atomic E-state index is -0.729. The summed E-state index contributed by atoms with van der Waals surface area (Å²) in [5, 5.41) is 5.01. The molecule has 0 fully saturated rings. The summed E-state index contributed by atoms with van der Waals surface area (Å²) >= 11 is 0. The summed E-state index contributed by atoms with van der Waals surface area (Å²) in [6, 6.07) is 6.75. The zero-order valence-corrected chi connectivity index (χ0v) is 15.0. The second kappa shape index (κ2) is 11.2. The van der Waals surface area contributed by atoms with Crippen molar-refractivity contribution in [3.05, 3.63) is 48.3 Å². The van der Waals surface area contributed by atoms with Crippen molar-refractivity contribution in [2.24, 2.45) is 0 Å². The number of nitrogens with one attached hydrogen (secondary N) is 2. The van der Waals surface area contributed by atoms with E-state index in [1.165, 1.54) is 12.5 Å². The van der Waals surface area contributed by atoms with Crippen molar-refractivity contribution in [3.8, 4) is 0 Å². The molecule has 150 valence electrons. The van der Waals surface area contributed by atoms with Gasteiger partial charge in [0, 0.05) is 0 Å². The number of furan rings is 2. The molecule has 2 aromatic rings. The van der Waals surface area contributed by atoms with Crippen LogP contribution in [0.2, 0.25) is 0 Å². The lowest BCUT2D eigenvalue weighted by Crippen LogP contribution is -2.29. The van der Waals surface area contributed by atoms with Gasteiger partial charge in [0.15, 0.2) is 13.2 Å². The van der Waals surface area contributed by atoms with Crippen LogP contribution >= 0.6 is 0 Å². The van der Waals surface area contributed by atoms with Gasteiger partial charge in [0.05, 0.1) is 38.5 Å². The molecule has 2 amide bonds. The van der Waals surface area contributed by atoms with Gasteiger partial charge in [-0.25, -0.2) is 0 Å². The molecule has 0 radical (unpaired) electrons. The highest BCUT2D eigenvalue weighted by Crippen LogP contribution is 2.00. The molecule has 0 bridgehead atoms. The third-order valence-electron chi connectivity index (χ3n) is 3.34. The van der Waals surface area contributed by atoms with Gasteiger partial charge in [0.1, 0.15) is 11.5 Å². The first kappa shape index (κ1) is 20.7. The van der Waals surface area contributed by atoms with Crippen LogP contribution in [0.1, 0.15) is 24.4 Å². The van der Waals surface area contributed by atoms with Gasteiger partial charge in [0.25, 0.3) is 11.8 Å². The van der Waals surface area contributed by atoms with Crippen molar-refractivity contribution in [2.45, 2.75) is 25.9 Å². The SMILES string of the molecule is O=C(COC(=O)CCC(=O)OCC(=O)NCc1ccco1)NCc1ccco1. The molecule has 2 N–H and O–H groups in total. The van der Waals surface area contributed by atoms with Gasteiger partial charge in [-0.15, -0.1) is 0 Å². The van der Waals surface area contributed by atoms with E-state index >= 15 is 0 Å². The van der Waals surface area contributed by atoms with Crippen LogP contribution in [0.25, 0.3) is 0 Å². The number of esters is 2. The number of rotatable bonds is 11. The predicted molar refractivity (Wildman–Crippen MR) is 92.3 cm³/mol. The second-order valence-electron chi connectivity index (χ2n) is 5.53. The first-order chi connectivity index (χ1) is 13.5. The fraction of sp³-hybridized carbons (Fsp3) is 0.333. The molecule has 0 aliphatic heterocycles. The Morgan fingerprint density at radius 3 is 1.54 bits per heavy atom. The van der Waals surface area contributed by atoms with Crippen molar-refractivity contribution in [2.75, 3.05) is 13.2 Å². The number of ether oxygens (including phenoxy) is 2. The number of amides is 2. The summed E-state index contributed by atoms with van der Waals surface area (Å²) in [6.45, 7) is -0.580. The maximum absolute atomic E-state index is 11.5. The Morgan fingerprint density at radius 1 is 0.750 bits per heavy atom. The topological polar surface area (TPSA) is 137 Å². The van der Waals surface area contributed by atoms with Gasteiger partial charge in [0.2, 0.25) is 0 Å². The van der Waals surface area contributed by atoms with Crippen LogP contribution in [0.15, 0.2) is 45.6 Å². The average molecular weight is 392 g/mol. The van der Waals surface area contributed by atoms with Crippen LogP contribution in [0.4, 0.5) is 0 Å². The molecule has 10 heteroatoms. The third kappa shape index (κ3) is 8.21. The maximum Gasteiger partial charge on any atom is 0.306 e. The zero-order valence-electron chi connectivity index (χ0n) is 15.0. The Kier molecular flexibility index (Phi) is 8.31. The first-order valence-corrected chi connectivity index (χ1v) is 8.42. The van der Waals surface area contributed by atoms with Crippen LogP contribution in [-0.2, 0) is 41.7 Å². The minimum absolute atomic E-state index is 0.178. The lowest BCUT2D eigenvalue weighted by molar-refractivity contribution is -0.153. The number of hydrogen-bond acceptors (Lipinski definition) is 8. The molecule has 0 unspecified atom stereocenters. The molecular formula is C18H20N2O8. The van der Waals surface area contributed by atoms with E-state index in [0.29, 0.717) is 11.5 Å². The maximum atomic E-state index is 11.5. The van der Waals surface area contributed by atoms with Gasteiger partial charge in [-0.1, -0.05) is 0 Å². The molecule has 28 heavy (non-hydrogen) atoms. The van der Waals surface area contributed by atoms with Crippen LogP contribution in [-0.4, -0.2) is 37.0 Å². The average Bonchev–Trinajstić information content (AvgIpc) is 3.39. The normalized spacial score (nSPS) is 10.1. The van der Waals surface area contributed by atoms with E-state index in [-0.39, 0.29) is 25.9 Å².